The number of benzene rings is 7. The molecule has 0 bridgehead atoms. The van der Waals surface area contributed by atoms with E-state index < -0.39 is 0 Å². The molecule has 0 radical (unpaired) electrons. The first kappa shape index (κ1) is 24.9. The Kier molecular flexibility index (Phi) is 4.84. The summed E-state index contributed by atoms with van der Waals surface area (Å²) < 4.78 is 2.33. The maximum atomic E-state index is 5.15. The maximum Gasteiger partial charge on any atom is 0.146 e. The van der Waals surface area contributed by atoms with Crippen LogP contribution in [0.5, 0.6) is 0 Å². The molecule has 0 amide bonds. The number of aromatic nitrogens is 3. The Morgan fingerprint density at radius 1 is 0.426 bits per heavy atom. The van der Waals surface area contributed by atoms with Crippen molar-refractivity contribution < 1.29 is 0 Å². The Labute approximate surface area is 270 Å². The number of para-hydroxylation sites is 2. The molecule has 0 fully saturated rings. The zero-order valence-corrected chi connectivity index (χ0v) is 25.3. The van der Waals surface area contributed by atoms with Crippen LogP contribution in [0.15, 0.2) is 152 Å². The van der Waals surface area contributed by atoms with Crippen molar-refractivity contribution in [3.8, 4) is 44.5 Å². The van der Waals surface area contributed by atoms with Crippen LogP contribution in [0.25, 0.3) is 105 Å². The number of rotatable bonds is 2. The summed E-state index contributed by atoms with van der Waals surface area (Å²) in [6.07, 6.45) is 1.89. The van der Waals surface area contributed by atoms with Gasteiger partial charge in [-0.25, -0.2) is 4.98 Å². The average Bonchev–Trinajstić information content (AvgIpc) is 3.69. The second kappa shape index (κ2) is 9.12. The molecule has 1 aliphatic rings. The van der Waals surface area contributed by atoms with Crippen molar-refractivity contribution >= 4 is 60.0 Å². The molecule has 47 heavy (non-hydrogen) atoms. The molecule has 3 heterocycles. The molecule has 0 atom stereocenters. The summed E-state index contributed by atoms with van der Waals surface area (Å²) in [5.41, 5.74) is 15.3. The minimum Gasteiger partial charge on any atom is -0.292 e. The van der Waals surface area contributed by atoms with E-state index in [1.165, 1.54) is 60.7 Å². The summed E-state index contributed by atoms with van der Waals surface area (Å²) in [5, 5.41) is 7.21. The first-order valence-corrected chi connectivity index (χ1v) is 16.1. The zero-order chi connectivity index (χ0) is 30.6. The van der Waals surface area contributed by atoms with Crippen molar-refractivity contribution in [3.05, 3.63) is 152 Å². The normalized spacial score (nSPS) is 12.3. The number of fused-ring (bicyclic) bond motifs is 13. The van der Waals surface area contributed by atoms with Gasteiger partial charge in [0.05, 0.1) is 22.1 Å². The van der Waals surface area contributed by atoms with E-state index in [2.05, 4.69) is 144 Å². The Hall–Kier alpha value is -6.32. The Morgan fingerprint density at radius 2 is 1.17 bits per heavy atom. The van der Waals surface area contributed by atoms with Crippen LogP contribution in [0.3, 0.4) is 0 Å². The molecule has 0 spiro atoms. The number of hydrogen-bond acceptors (Lipinski definition) is 2. The lowest BCUT2D eigenvalue weighted by atomic mass is 9.92. The van der Waals surface area contributed by atoms with Crippen LogP contribution in [-0.2, 0) is 0 Å². The number of imidazole rings is 1. The highest BCUT2D eigenvalue weighted by molar-refractivity contribution is 6.23. The van der Waals surface area contributed by atoms with E-state index >= 15 is 0 Å². The highest BCUT2D eigenvalue weighted by atomic mass is 15.0. The molecule has 11 rings (SSSR count). The molecule has 216 valence electrons. The lowest BCUT2D eigenvalue weighted by Crippen LogP contribution is -1.94. The fourth-order valence-electron chi connectivity index (χ4n) is 8.09. The van der Waals surface area contributed by atoms with Gasteiger partial charge in [0.1, 0.15) is 5.65 Å². The molecule has 7 aromatic carbocycles. The quantitative estimate of drug-likeness (QED) is 0.186. The van der Waals surface area contributed by atoms with E-state index in [0.717, 1.165) is 43.9 Å². The van der Waals surface area contributed by atoms with Crippen LogP contribution < -0.4 is 0 Å². The van der Waals surface area contributed by atoms with Crippen LogP contribution >= 0.6 is 0 Å². The van der Waals surface area contributed by atoms with E-state index in [1.807, 2.05) is 12.3 Å². The van der Waals surface area contributed by atoms with E-state index in [9.17, 15) is 0 Å². The first-order valence-electron chi connectivity index (χ1n) is 16.1. The smallest absolute Gasteiger partial charge is 0.146 e. The zero-order valence-electron chi connectivity index (χ0n) is 25.3. The molecule has 0 saturated heterocycles. The molecule has 0 saturated carbocycles. The fraction of sp³-hybridized carbons (Fsp3) is 0. The molecule has 3 heteroatoms. The predicted octanol–water partition coefficient (Wildman–Crippen LogP) is 11.5. The van der Waals surface area contributed by atoms with Crippen LogP contribution in [0.1, 0.15) is 0 Å². The topological polar surface area (TPSA) is 30.2 Å². The van der Waals surface area contributed by atoms with Gasteiger partial charge in [0.2, 0.25) is 0 Å². The maximum absolute atomic E-state index is 5.15. The van der Waals surface area contributed by atoms with Crippen molar-refractivity contribution in [2.45, 2.75) is 0 Å². The Balaban J connectivity index is 1.16. The highest BCUT2D eigenvalue weighted by Gasteiger charge is 2.22. The van der Waals surface area contributed by atoms with Crippen LogP contribution in [-0.4, -0.2) is 14.4 Å². The van der Waals surface area contributed by atoms with Gasteiger partial charge in [-0.05, 0) is 91.7 Å². The first-order chi connectivity index (χ1) is 23.3. The van der Waals surface area contributed by atoms with Crippen molar-refractivity contribution in [1.29, 1.82) is 0 Å². The molecule has 0 aliphatic heterocycles. The predicted molar refractivity (Wildman–Crippen MR) is 196 cm³/mol. The van der Waals surface area contributed by atoms with Gasteiger partial charge in [-0.1, -0.05) is 109 Å². The minimum atomic E-state index is 0.959. The summed E-state index contributed by atoms with van der Waals surface area (Å²) >= 11 is 0. The molecule has 0 N–H and O–H groups in total. The van der Waals surface area contributed by atoms with E-state index in [1.54, 1.807) is 0 Å². The van der Waals surface area contributed by atoms with Gasteiger partial charge in [0, 0.05) is 27.7 Å². The van der Waals surface area contributed by atoms with Crippen molar-refractivity contribution in [2.24, 2.45) is 0 Å². The van der Waals surface area contributed by atoms with Gasteiger partial charge < -0.3 is 0 Å². The van der Waals surface area contributed by atoms with Crippen molar-refractivity contribution in [2.75, 3.05) is 0 Å². The van der Waals surface area contributed by atoms with Gasteiger partial charge in [-0.15, -0.1) is 0 Å². The van der Waals surface area contributed by atoms with Crippen LogP contribution in [0, 0.1) is 0 Å². The molecule has 10 aromatic rings. The lowest BCUT2D eigenvalue weighted by Gasteiger charge is -2.14. The summed E-state index contributed by atoms with van der Waals surface area (Å²) in [7, 11) is 0. The lowest BCUT2D eigenvalue weighted by molar-refractivity contribution is 1.31. The SMILES string of the molecule is c1cc(-c2ccc3c4c(ccc5cccnc54)c4nc5ccccc5n4c3c2)cc(-c2ccc3c4c(cccc24)-c2ccccc2-3)c1. The average molecular weight is 596 g/mol. The monoisotopic (exact) mass is 595 g/mol. The fourth-order valence-corrected chi connectivity index (χ4v) is 8.09. The third kappa shape index (κ3) is 3.35. The van der Waals surface area contributed by atoms with Gasteiger partial charge in [-0.3, -0.25) is 9.38 Å². The third-order valence-electron chi connectivity index (χ3n) is 10.1. The highest BCUT2D eigenvalue weighted by Crippen LogP contribution is 2.49. The molecular formula is C44H25N3. The summed E-state index contributed by atoms with van der Waals surface area (Å²) in [6, 6.07) is 52.9. The van der Waals surface area contributed by atoms with Gasteiger partial charge in [-0.2, -0.15) is 0 Å². The van der Waals surface area contributed by atoms with Crippen LogP contribution in [0.4, 0.5) is 0 Å². The molecular weight excluding hydrogens is 571 g/mol. The molecule has 0 unspecified atom stereocenters. The second-order valence-electron chi connectivity index (χ2n) is 12.6. The Bertz CT molecular complexity index is 2940. The molecule has 1 aliphatic carbocycles. The van der Waals surface area contributed by atoms with Crippen molar-refractivity contribution in [3.63, 3.8) is 0 Å². The van der Waals surface area contributed by atoms with Gasteiger partial charge in [0.25, 0.3) is 0 Å². The second-order valence-corrected chi connectivity index (χ2v) is 12.6. The largest absolute Gasteiger partial charge is 0.292 e. The number of hydrogen-bond donors (Lipinski definition) is 0. The van der Waals surface area contributed by atoms with Gasteiger partial charge >= 0.3 is 0 Å². The summed E-state index contributed by atoms with van der Waals surface area (Å²) in [4.78, 5) is 10.0. The summed E-state index contributed by atoms with van der Waals surface area (Å²) in [5.74, 6) is 0. The van der Waals surface area contributed by atoms with Crippen LogP contribution in [0.2, 0.25) is 0 Å². The van der Waals surface area contributed by atoms with Crippen molar-refractivity contribution in [1.82, 2.24) is 14.4 Å². The number of nitrogens with zero attached hydrogens (tertiary/aromatic N) is 3. The summed E-state index contributed by atoms with van der Waals surface area (Å²) in [6.45, 7) is 0. The standard InChI is InChI=1S/C44H25N3/c1-2-12-32-31(11-1)34-14-6-13-33-30(21-22-35(32)41(33)34)29-9-5-8-27(24-29)28-18-19-36-40(25-28)47-39-16-4-3-15-38(39)46-44(47)37-20-17-26-10-7-23-45-43(26)42(36)37/h1-25H. The van der Waals surface area contributed by atoms with Gasteiger partial charge in [0.15, 0.2) is 0 Å². The molecule has 3 aromatic heterocycles. The Morgan fingerprint density at radius 3 is 2.11 bits per heavy atom. The van der Waals surface area contributed by atoms with E-state index in [4.69, 9.17) is 9.97 Å². The van der Waals surface area contributed by atoms with E-state index in [0.29, 0.717) is 0 Å². The third-order valence-corrected chi connectivity index (χ3v) is 10.1. The molecule has 3 nitrogen and oxygen atoms in total. The van der Waals surface area contributed by atoms with E-state index in [-0.39, 0.29) is 0 Å². The minimum absolute atomic E-state index is 0.959. The number of pyridine rings is 2.